The first-order valence-corrected chi connectivity index (χ1v) is 8.27. The summed E-state index contributed by atoms with van der Waals surface area (Å²) in [5.41, 5.74) is 1.08. The molecule has 0 radical (unpaired) electrons. The highest BCUT2D eigenvalue weighted by Crippen LogP contribution is 2.29. The van der Waals surface area contributed by atoms with E-state index >= 15 is 0 Å². The molecule has 20 heavy (non-hydrogen) atoms. The van der Waals surface area contributed by atoms with E-state index < -0.39 is 0 Å². The van der Waals surface area contributed by atoms with E-state index in [0.717, 1.165) is 39.9 Å². The van der Waals surface area contributed by atoms with Crippen molar-refractivity contribution in [2.75, 3.05) is 7.11 Å². The molecule has 0 aliphatic heterocycles. The average Bonchev–Trinajstić information content (AvgIpc) is 2.79. The lowest BCUT2D eigenvalue weighted by Gasteiger charge is -2.27. The van der Waals surface area contributed by atoms with E-state index in [1.54, 1.807) is 0 Å². The van der Waals surface area contributed by atoms with E-state index in [1.807, 2.05) is 13.0 Å². The molecule has 1 aromatic rings. The fourth-order valence-electron chi connectivity index (χ4n) is 2.47. The van der Waals surface area contributed by atoms with Crippen molar-refractivity contribution >= 4 is 39.1 Å². The van der Waals surface area contributed by atoms with Gasteiger partial charge in [-0.3, -0.25) is 9.59 Å². The first-order chi connectivity index (χ1) is 9.51. The summed E-state index contributed by atoms with van der Waals surface area (Å²) in [6, 6.07) is 2.05. The largest absolute Gasteiger partial charge is 0.469 e. The van der Waals surface area contributed by atoms with E-state index in [2.05, 4.69) is 21.2 Å². The Bertz CT molecular complexity index is 487. The van der Waals surface area contributed by atoms with Crippen LogP contribution < -0.4 is 5.32 Å². The molecule has 4 nitrogen and oxygen atoms in total. The minimum absolute atomic E-state index is 0.00808. The first kappa shape index (κ1) is 15.5. The fraction of sp³-hybridized carbons (Fsp3) is 0.571. The normalized spacial score (nSPS) is 22.4. The SMILES string of the molecule is COC(=O)C1CCC(NC(=O)c2cc(C)c(Br)s2)CC1. The van der Waals surface area contributed by atoms with Crippen molar-refractivity contribution in [1.29, 1.82) is 0 Å². The van der Waals surface area contributed by atoms with Crippen LogP contribution in [0.3, 0.4) is 0 Å². The molecular weight excluding hydrogens is 342 g/mol. The lowest BCUT2D eigenvalue weighted by atomic mass is 9.86. The quantitative estimate of drug-likeness (QED) is 0.842. The maximum Gasteiger partial charge on any atom is 0.308 e. The molecule has 0 bridgehead atoms. The molecular formula is C14H18BrNO3S. The fourth-order valence-corrected chi connectivity index (χ4v) is 3.91. The van der Waals surface area contributed by atoms with Gasteiger partial charge in [-0.25, -0.2) is 0 Å². The van der Waals surface area contributed by atoms with E-state index in [0.29, 0.717) is 0 Å². The lowest BCUT2D eigenvalue weighted by molar-refractivity contribution is -0.146. The molecule has 0 spiro atoms. The van der Waals surface area contributed by atoms with Crippen molar-refractivity contribution in [3.63, 3.8) is 0 Å². The zero-order chi connectivity index (χ0) is 14.7. The van der Waals surface area contributed by atoms with Crippen molar-refractivity contribution in [1.82, 2.24) is 5.32 Å². The number of carbonyl (C=O) groups is 2. The number of ether oxygens (including phenoxy) is 1. The third-order valence-corrected chi connectivity index (χ3v) is 5.81. The molecule has 1 fully saturated rings. The molecule has 6 heteroatoms. The zero-order valence-electron chi connectivity index (χ0n) is 11.6. The second-order valence-electron chi connectivity index (χ2n) is 5.11. The standard InChI is InChI=1S/C14H18BrNO3S/c1-8-7-11(20-12(8)15)13(17)16-10-5-3-9(4-6-10)14(18)19-2/h7,9-10H,3-6H2,1-2H3,(H,16,17). The number of carbonyl (C=O) groups excluding carboxylic acids is 2. The van der Waals surface area contributed by atoms with Gasteiger partial charge in [0.1, 0.15) is 0 Å². The number of nitrogens with one attached hydrogen (secondary N) is 1. The molecule has 0 aromatic carbocycles. The molecule has 1 saturated carbocycles. The Morgan fingerprint density at radius 2 is 2.00 bits per heavy atom. The number of hydrogen-bond donors (Lipinski definition) is 1. The molecule has 0 atom stereocenters. The van der Waals surface area contributed by atoms with Gasteiger partial charge in [-0.2, -0.15) is 0 Å². The summed E-state index contributed by atoms with van der Waals surface area (Å²) in [6.07, 6.45) is 3.23. The van der Waals surface area contributed by atoms with Crippen LogP contribution in [-0.4, -0.2) is 25.0 Å². The number of thiophene rings is 1. The van der Waals surface area contributed by atoms with Gasteiger partial charge in [0.25, 0.3) is 5.91 Å². The van der Waals surface area contributed by atoms with Gasteiger partial charge in [0.15, 0.2) is 0 Å². The summed E-state index contributed by atoms with van der Waals surface area (Å²) < 4.78 is 5.76. The molecule has 1 amide bonds. The number of amides is 1. The van der Waals surface area contributed by atoms with Crippen molar-refractivity contribution in [3.8, 4) is 0 Å². The van der Waals surface area contributed by atoms with Gasteiger partial charge in [-0.15, -0.1) is 11.3 Å². The number of esters is 1. The van der Waals surface area contributed by atoms with Crippen LogP contribution in [0.4, 0.5) is 0 Å². The number of methoxy groups -OCH3 is 1. The molecule has 1 aliphatic rings. The Balaban J connectivity index is 1.86. The predicted octanol–water partition coefficient (Wildman–Crippen LogP) is 3.28. The van der Waals surface area contributed by atoms with Crippen molar-refractivity contribution in [3.05, 3.63) is 20.3 Å². The highest BCUT2D eigenvalue weighted by molar-refractivity contribution is 9.11. The Hall–Kier alpha value is -0.880. The Kier molecular flexibility index (Phi) is 5.21. The second-order valence-corrected chi connectivity index (χ2v) is 7.48. The zero-order valence-corrected chi connectivity index (χ0v) is 14.0. The smallest absolute Gasteiger partial charge is 0.308 e. The second kappa shape index (κ2) is 6.72. The predicted molar refractivity (Wildman–Crippen MR) is 82.0 cm³/mol. The lowest BCUT2D eigenvalue weighted by Crippen LogP contribution is -2.38. The number of aryl methyl sites for hydroxylation is 1. The minimum atomic E-state index is -0.132. The van der Waals surface area contributed by atoms with Gasteiger partial charge >= 0.3 is 5.97 Å². The van der Waals surface area contributed by atoms with Gasteiger partial charge in [0.2, 0.25) is 0 Å². The third kappa shape index (κ3) is 3.61. The van der Waals surface area contributed by atoms with Crippen LogP contribution in [0, 0.1) is 12.8 Å². The van der Waals surface area contributed by atoms with Gasteiger partial charge in [0.05, 0.1) is 21.7 Å². The topological polar surface area (TPSA) is 55.4 Å². The van der Waals surface area contributed by atoms with Crippen LogP contribution in [0.2, 0.25) is 0 Å². The molecule has 1 N–H and O–H groups in total. The highest BCUT2D eigenvalue weighted by Gasteiger charge is 2.28. The third-order valence-electron chi connectivity index (χ3n) is 3.68. The van der Waals surface area contributed by atoms with Gasteiger partial charge < -0.3 is 10.1 Å². The molecule has 0 saturated heterocycles. The van der Waals surface area contributed by atoms with Crippen LogP contribution >= 0.6 is 27.3 Å². The van der Waals surface area contributed by atoms with E-state index in [9.17, 15) is 9.59 Å². The monoisotopic (exact) mass is 359 g/mol. The highest BCUT2D eigenvalue weighted by atomic mass is 79.9. The first-order valence-electron chi connectivity index (χ1n) is 6.66. The van der Waals surface area contributed by atoms with Crippen LogP contribution in [0.1, 0.15) is 40.9 Å². The van der Waals surface area contributed by atoms with Crippen molar-refractivity contribution in [2.45, 2.75) is 38.6 Å². The van der Waals surface area contributed by atoms with Crippen LogP contribution in [0.15, 0.2) is 9.85 Å². The van der Waals surface area contributed by atoms with Gasteiger partial charge in [-0.1, -0.05) is 0 Å². The average molecular weight is 360 g/mol. The molecule has 1 heterocycles. The Labute approximate surface area is 131 Å². The van der Waals surface area contributed by atoms with E-state index in [1.165, 1.54) is 18.4 Å². The molecule has 2 rings (SSSR count). The van der Waals surface area contributed by atoms with Crippen LogP contribution in [0.25, 0.3) is 0 Å². The Morgan fingerprint density at radius 1 is 1.35 bits per heavy atom. The number of hydrogen-bond acceptors (Lipinski definition) is 4. The summed E-state index contributed by atoms with van der Waals surface area (Å²) in [6.45, 7) is 1.97. The number of rotatable bonds is 3. The summed E-state index contributed by atoms with van der Waals surface area (Å²) in [5, 5.41) is 3.05. The Morgan fingerprint density at radius 3 is 2.50 bits per heavy atom. The molecule has 110 valence electrons. The van der Waals surface area contributed by atoms with Crippen LogP contribution in [-0.2, 0) is 9.53 Å². The molecule has 1 aromatic heterocycles. The number of halogens is 1. The summed E-state index contributed by atoms with van der Waals surface area (Å²) in [4.78, 5) is 24.3. The summed E-state index contributed by atoms with van der Waals surface area (Å²) in [5.74, 6) is -0.163. The van der Waals surface area contributed by atoms with Gasteiger partial charge in [-0.05, 0) is 60.2 Å². The van der Waals surface area contributed by atoms with Crippen LogP contribution in [0.5, 0.6) is 0 Å². The minimum Gasteiger partial charge on any atom is -0.469 e. The van der Waals surface area contributed by atoms with Gasteiger partial charge in [0, 0.05) is 6.04 Å². The summed E-state index contributed by atoms with van der Waals surface area (Å²) >= 11 is 4.88. The van der Waals surface area contributed by atoms with E-state index in [-0.39, 0.29) is 23.8 Å². The summed E-state index contributed by atoms with van der Waals surface area (Å²) in [7, 11) is 1.42. The van der Waals surface area contributed by atoms with Crippen molar-refractivity contribution < 1.29 is 14.3 Å². The molecule has 1 aliphatic carbocycles. The van der Waals surface area contributed by atoms with Crippen molar-refractivity contribution in [2.24, 2.45) is 5.92 Å². The molecule has 0 unspecified atom stereocenters. The maximum atomic E-state index is 12.1. The maximum absolute atomic E-state index is 12.1. The van der Waals surface area contributed by atoms with E-state index in [4.69, 9.17) is 4.74 Å².